The second-order valence-corrected chi connectivity index (χ2v) is 6.43. The van der Waals surface area contributed by atoms with E-state index in [9.17, 15) is 13.5 Å². The predicted molar refractivity (Wildman–Crippen MR) is 68.7 cm³/mol. The molecule has 6 heteroatoms. The normalized spacial score (nSPS) is 11.9. The van der Waals surface area contributed by atoms with Gasteiger partial charge in [0.05, 0.1) is 12.4 Å². The molecule has 1 heterocycles. The lowest BCUT2D eigenvalue weighted by atomic mass is 10.2. The molecule has 103 valence electrons. The minimum absolute atomic E-state index is 0.00843. The van der Waals surface area contributed by atoms with E-state index in [1.54, 1.807) is 0 Å². The number of aromatic nitrogens is 2. The SMILES string of the molecule is CCCCCc1nc(S(=O)(=O)CCCC[O])c[nH]1. The number of nitrogens with zero attached hydrogens (tertiary/aromatic N) is 1. The molecule has 1 aromatic rings. The lowest BCUT2D eigenvalue weighted by Crippen LogP contribution is -2.08. The average molecular weight is 273 g/mol. The summed E-state index contributed by atoms with van der Waals surface area (Å²) in [5.74, 6) is 0.736. The fourth-order valence-electron chi connectivity index (χ4n) is 1.67. The van der Waals surface area contributed by atoms with Crippen molar-refractivity contribution < 1.29 is 13.5 Å². The molecule has 1 rings (SSSR count). The Morgan fingerprint density at radius 1 is 1.22 bits per heavy atom. The van der Waals surface area contributed by atoms with Crippen molar-refractivity contribution in [2.75, 3.05) is 12.4 Å². The van der Waals surface area contributed by atoms with Crippen LogP contribution in [0.1, 0.15) is 44.9 Å². The Morgan fingerprint density at radius 2 is 2.00 bits per heavy atom. The molecule has 0 unspecified atom stereocenters. The molecule has 0 spiro atoms. The molecule has 0 aliphatic carbocycles. The lowest BCUT2D eigenvalue weighted by molar-refractivity contribution is 0.188. The topological polar surface area (TPSA) is 82.7 Å². The van der Waals surface area contributed by atoms with Crippen LogP contribution in [0.25, 0.3) is 0 Å². The molecule has 18 heavy (non-hydrogen) atoms. The Balaban J connectivity index is 2.55. The zero-order valence-electron chi connectivity index (χ0n) is 10.8. The van der Waals surface area contributed by atoms with Crippen molar-refractivity contribution in [3.05, 3.63) is 12.0 Å². The van der Waals surface area contributed by atoms with E-state index in [2.05, 4.69) is 16.9 Å². The van der Waals surface area contributed by atoms with Crippen LogP contribution in [-0.4, -0.2) is 30.7 Å². The van der Waals surface area contributed by atoms with Gasteiger partial charge in [-0.1, -0.05) is 19.8 Å². The molecule has 0 fully saturated rings. The Morgan fingerprint density at radius 3 is 2.67 bits per heavy atom. The van der Waals surface area contributed by atoms with Gasteiger partial charge in [0.15, 0.2) is 14.9 Å². The maximum absolute atomic E-state index is 11.9. The number of hydrogen-bond donors (Lipinski definition) is 1. The summed E-state index contributed by atoms with van der Waals surface area (Å²) in [4.78, 5) is 7.02. The van der Waals surface area contributed by atoms with Crippen LogP contribution in [0.3, 0.4) is 0 Å². The van der Waals surface area contributed by atoms with Gasteiger partial charge in [0.2, 0.25) is 0 Å². The Labute approximate surface area is 109 Å². The highest BCUT2D eigenvalue weighted by Gasteiger charge is 2.17. The van der Waals surface area contributed by atoms with Crippen molar-refractivity contribution in [2.45, 2.75) is 50.5 Å². The monoisotopic (exact) mass is 273 g/mol. The van der Waals surface area contributed by atoms with Gasteiger partial charge in [-0.3, -0.25) is 0 Å². The fraction of sp³-hybridized carbons (Fsp3) is 0.750. The van der Waals surface area contributed by atoms with Crippen molar-refractivity contribution in [3.63, 3.8) is 0 Å². The maximum Gasteiger partial charge on any atom is 0.197 e. The predicted octanol–water partition coefficient (Wildman–Crippen LogP) is 2.13. The number of aromatic amines is 1. The zero-order valence-corrected chi connectivity index (χ0v) is 11.6. The summed E-state index contributed by atoms with van der Waals surface area (Å²) in [5, 5.41) is 10.4. The molecule has 1 N–H and O–H groups in total. The van der Waals surface area contributed by atoms with Gasteiger partial charge < -0.3 is 4.98 Å². The number of aryl methyl sites for hydroxylation is 1. The molecule has 1 aromatic heterocycles. The molecular formula is C12H21N2O3S. The first-order chi connectivity index (χ1) is 8.60. The van der Waals surface area contributed by atoms with E-state index in [4.69, 9.17) is 0 Å². The quantitative estimate of drug-likeness (QED) is 0.700. The molecule has 0 saturated carbocycles. The first-order valence-electron chi connectivity index (χ1n) is 6.45. The van der Waals surface area contributed by atoms with Gasteiger partial charge in [-0.05, 0) is 19.3 Å². The first kappa shape index (κ1) is 15.2. The molecule has 0 saturated heterocycles. The molecular weight excluding hydrogens is 252 g/mol. The fourth-order valence-corrected chi connectivity index (χ4v) is 2.95. The number of hydrogen-bond acceptors (Lipinski definition) is 3. The highest BCUT2D eigenvalue weighted by atomic mass is 32.2. The van der Waals surface area contributed by atoms with E-state index in [1.165, 1.54) is 6.20 Å². The second kappa shape index (κ2) is 7.53. The van der Waals surface area contributed by atoms with Gasteiger partial charge in [0.25, 0.3) is 0 Å². The van der Waals surface area contributed by atoms with Crippen LogP contribution in [0.4, 0.5) is 0 Å². The third-order valence-electron chi connectivity index (χ3n) is 2.75. The maximum atomic E-state index is 11.9. The van der Waals surface area contributed by atoms with E-state index in [-0.39, 0.29) is 17.4 Å². The number of imidazole rings is 1. The molecule has 0 atom stereocenters. The van der Waals surface area contributed by atoms with Crippen LogP contribution in [0.2, 0.25) is 0 Å². The summed E-state index contributed by atoms with van der Waals surface area (Å²) in [7, 11) is -3.32. The zero-order chi connectivity index (χ0) is 13.4. The Hall–Kier alpha value is -0.880. The molecule has 0 bridgehead atoms. The van der Waals surface area contributed by atoms with Gasteiger partial charge in [-0.2, -0.15) is 0 Å². The first-order valence-corrected chi connectivity index (χ1v) is 8.10. The van der Waals surface area contributed by atoms with Gasteiger partial charge >= 0.3 is 0 Å². The van der Waals surface area contributed by atoms with Crippen molar-refractivity contribution in [2.24, 2.45) is 0 Å². The number of rotatable bonds is 9. The minimum Gasteiger partial charge on any atom is -0.347 e. The lowest BCUT2D eigenvalue weighted by Gasteiger charge is -1.99. The third-order valence-corrected chi connectivity index (χ3v) is 4.42. The smallest absolute Gasteiger partial charge is 0.197 e. The number of unbranched alkanes of at least 4 members (excludes halogenated alkanes) is 3. The van der Waals surface area contributed by atoms with Crippen LogP contribution in [0, 0.1) is 0 Å². The molecule has 0 aliphatic heterocycles. The molecule has 5 nitrogen and oxygen atoms in total. The van der Waals surface area contributed by atoms with Crippen LogP contribution < -0.4 is 0 Å². The Kier molecular flexibility index (Phi) is 6.35. The van der Waals surface area contributed by atoms with E-state index >= 15 is 0 Å². The van der Waals surface area contributed by atoms with Crippen LogP contribution in [0.15, 0.2) is 11.2 Å². The molecule has 0 amide bonds. The van der Waals surface area contributed by atoms with Gasteiger partial charge in [-0.15, -0.1) is 0 Å². The number of sulfone groups is 1. The summed E-state index contributed by atoms with van der Waals surface area (Å²) in [6.45, 7) is 1.90. The van der Waals surface area contributed by atoms with Crippen LogP contribution >= 0.6 is 0 Å². The van der Waals surface area contributed by atoms with Gasteiger partial charge in [0.1, 0.15) is 5.82 Å². The number of nitrogens with one attached hydrogen (secondary N) is 1. The van der Waals surface area contributed by atoms with E-state index < -0.39 is 9.84 Å². The van der Waals surface area contributed by atoms with E-state index in [1.807, 2.05) is 0 Å². The minimum atomic E-state index is -3.32. The number of H-pyrrole nitrogens is 1. The van der Waals surface area contributed by atoms with E-state index in [0.29, 0.717) is 12.8 Å². The largest absolute Gasteiger partial charge is 0.347 e. The van der Waals surface area contributed by atoms with Gasteiger partial charge in [-0.25, -0.2) is 18.5 Å². The van der Waals surface area contributed by atoms with Crippen molar-refractivity contribution >= 4 is 9.84 Å². The summed E-state index contributed by atoms with van der Waals surface area (Å²) in [5.41, 5.74) is 0. The standard InChI is InChI=1S/C12H21N2O3S/c1-2-3-4-7-11-13-10-12(14-11)18(16,17)9-6-5-8-15/h10H,2-9H2,1H3,(H,13,14). The molecule has 0 aliphatic rings. The molecule has 0 aromatic carbocycles. The van der Waals surface area contributed by atoms with Gasteiger partial charge in [0, 0.05) is 12.6 Å². The second-order valence-electron chi connectivity index (χ2n) is 4.37. The van der Waals surface area contributed by atoms with Crippen molar-refractivity contribution in [1.82, 2.24) is 9.97 Å². The highest BCUT2D eigenvalue weighted by Crippen LogP contribution is 2.11. The Bertz CT molecular complexity index is 440. The van der Waals surface area contributed by atoms with E-state index in [0.717, 1.165) is 31.5 Å². The third kappa shape index (κ3) is 4.78. The summed E-state index contributed by atoms with van der Waals surface area (Å²) < 4.78 is 23.7. The highest BCUT2D eigenvalue weighted by molar-refractivity contribution is 7.91. The summed E-state index contributed by atoms with van der Waals surface area (Å²) >= 11 is 0. The summed E-state index contributed by atoms with van der Waals surface area (Å²) in [6, 6.07) is 0. The molecule has 1 radical (unpaired) electrons. The van der Waals surface area contributed by atoms with Crippen molar-refractivity contribution in [1.29, 1.82) is 0 Å². The van der Waals surface area contributed by atoms with Crippen molar-refractivity contribution in [3.8, 4) is 0 Å². The van der Waals surface area contributed by atoms with Crippen LogP contribution in [-0.2, 0) is 21.4 Å². The van der Waals surface area contributed by atoms with Crippen LogP contribution in [0.5, 0.6) is 0 Å². The average Bonchev–Trinajstić information content (AvgIpc) is 2.79. The summed E-state index contributed by atoms with van der Waals surface area (Å²) in [6.07, 6.45) is 6.29.